The lowest BCUT2D eigenvalue weighted by atomic mass is 9.92. The van der Waals surface area contributed by atoms with Crippen LogP contribution >= 0.6 is 15.9 Å². The zero-order valence-electron chi connectivity index (χ0n) is 10.7. The van der Waals surface area contributed by atoms with Crippen LogP contribution in [-0.4, -0.2) is 46.8 Å². The molecule has 0 bridgehead atoms. The monoisotopic (exact) mass is 319 g/mol. The van der Waals surface area contributed by atoms with Crippen molar-refractivity contribution in [3.05, 3.63) is 21.0 Å². The van der Waals surface area contributed by atoms with Gasteiger partial charge in [0.05, 0.1) is 25.1 Å². The van der Waals surface area contributed by atoms with Gasteiger partial charge in [-0.2, -0.15) is 5.10 Å². The van der Waals surface area contributed by atoms with Crippen molar-refractivity contribution >= 4 is 21.6 Å². The van der Waals surface area contributed by atoms with E-state index < -0.39 is 5.41 Å². The van der Waals surface area contributed by atoms with Gasteiger partial charge < -0.3 is 15.1 Å². The fourth-order valence-corrected chi connectivity index (χ4v) is 2.24. The summed E-state index contributed by atoms with van der Waals surface area (Å²) in [5.41, 5.74) is -0.227. The lowest BCUT2D eigenvalue weighted by Crippen LogP contribution is -2.40. The molecule has 1 heterocycles. The first-order chi connectivity index (χ1) is 8.34. The van der Waals surface area contributed by atoms with Crippen LogP contribution in [0.5, 0.6) is 0 Å². The molecular weight excluding hydrogens is 302 g/mol. The van der Waals surface area contributed by atoms with Gasteiger partial charge in [0, 0.05) is 26.1 Å². The molecule has 1 aromatic heterocycles. The van der Waals surface area contributed by atoms with Gasteiger partial charge in [-0.1, -0.05) is 6.92 Å². The molecule has 1 rings (SSSR count). The predicted molar refractivity (Wildman–Crippen MR) is 72.7 cm³/mol. The van der Waals surface area contributed by atoms with Gasteiger partial charge in [-0.15, -0.1) is 0 Å². The first-order valence-corrected chi connectivity index (χ1v) is 6.28. The van der Waals surface area contributed by atoms with E-state index in [1.54, 1.807) is 32.1 Å². The quantitative estimate of drug-likeness (QED) is 0.797. The minimum absolute atomic E-state index is 0.135. The van der Waals surface area contributed by atoms with Gasteiger partial charge in [-0.05, 0) is 15.9 Å². The van der Waals surface area contributed by atoms with E-state index in [9.17, 15) is 15.0 Å². The molecule has 0 atom stereocenters. The fraction of sp³-hybridized carbons (Fsp3) is 0.636. The van der Waals surface area contributed by atoms with Crippen molar-refractivity contribution in [2.24, 2.45) is 12.5 Å². The first kappa shape index (κ1) is 15.1. The number of hydrogen-bond donors (Lipinski definition) is 2. The normalized spacial score (nSPS) is 11.7. The van der Waals surface area contributed by atoms with Crippen LogP contribution < -0.4 is 10.5 Å². The van der Waals surface area contributed by atoms with Crippen LogP contribution in [-0.2, 0) is 7.05 Å². The van der Waals surface area contributed by atoms with Crippen molar-refractivity contribution in [3.8, 4) is 0 Å². The SMILES string of the molecule is CN(CC(C)(CO)CO)c1cnn(C)c(=O)c1Br. The number of hydrogen-bond acceptors (Lipinski definition) is 5. The molecule has 0 aliphatic heterocycles. The van der Waals surface area contributed by atoms with Crippen molar-refractivity contribution in [3.63, 3.8) is 0 Å². The summed E-state index contributed by atoms with van der Waals surface area (Å²) in [4.78, 5) is 13.5. The van der Waals surface area contributed by atoms with Crippen LogP contribution in [0.15, 0.2) is 15.5 Å². The maximum absolute atomic E-state index is 11.7. The number of aliphatic hydroxyl groups is 2. The van der Waals surface area contributed by atoms with Crippen LogP contribution in [0.3, 0.4) is 0 Å². The zero-order valence-corrected chi connectivity index (χ0v) is 12.3. The topological polar surface area (TPSA) is 78.6 Å². The third kappa shape index (κ3) is 3.09. The summed E-state index contributed by atoms with van der Waals surface area (Å²) < 4.78 is 1.65. The third-order valence-corrected chi connectivity index (χ3v) is 3.60. The highest BCUT2D eigenvalue weighted by Crippen LogP contribution is 2.24. The van der Waals surface area contributed by atoms with Crippen LogP contribution in [0.2, 0.25) is 0 Å². The van der Waals surface area contributed by atoms with Crippen molar-refractivity contribution in [2.45, 2.75) is 6.92 Å². The van der Waals surface area contributed by atoms with Crippen molar-refractivity contribution in [2.75, 3.05) is 31.7 Å². The standard InChI is InChI=1S/C11H18BrN3O3/c1-11(6-16,7-17)5-14(2)8-4-13-15(3)10(18)9(8)12/h4,16-17H,5-7H2,1-3H3. The maximum atomic E-state index is 11.7. The number of anilines is 1. The van der Waals surface area contributed by atoms with E-state index >= 15 is 0 Å². The van der Waals surface area contributed by atoms with Crippen molar-refractivity contribution in [1.82, 2.24) is 9.78 Å². The molecule has 0 radical (unpaired) electrons. The van der Waals surface area contributed by atoms with E-state index in [-0.39, 0.29) is 18.8 Å². The van der Waals surface area contributed by atoms with Gasteiger partial charge in [0.25, 0.3) is 5.56 Å². The Bertz CT molecular complexity index is 471. The molecular formula is C11H18BrN3O3. The Morgan fingerprint density at radius 2 is 2.06 bits per heavy atom. The van der Waals surface area contributed by atoms with Crippen molar-refractivity contribution < 1.29 is 10.2 Å². The van der Waals surface area contributed by atoms with Crippen LogP contribution in [0.1, 0.15) is 6.92 Å². The summed E-state index contributed by atoms with van der Waals surface area (Å²) in [5.74, 6) is 0. The Balaban J connectivity index is 3.02. The van der Waals surface area contributed by atoms with E-state index in [0.717, 1.165) is 0 Å². The van der Waals surface area contributed by atoms with Gasteiger partial charge in [-0.3, -0.25) is 4.79 Å². The predicted octanol–water partition coefficient (Wildman–Crippen LogP) is -0.0301. The highest BCUT2D eigenvalue weighted by Gasteiger charge is 2.25. The number of aliphatic hydroxyl groups excluding tert-OH is 2. The molecule has 6 nitrogen and oxygen atoms in total. The number of aromatic nitrogens is 2. The molecule has 0 spiro atoms. The highest BCUT2D eigenvalue weighted by atomic mass is 79.9. The average molecular weight is 320 g/mol. The minimum atomic E-state index is -0.630. The van der Waals surface area contributed by atoms with E-state index in [4.69, 9.17) is 0 Å². The van der Waals surface area contributed by atoms with Crippen LogP contribution in [0.4, 0.5) is 5.69 Å². The molecule has 0 aliphatic carbocycles. The summed E-state index contributed by atoms with van der Waals surface area (Å²) in [6, 6.07) is 0. The second-order valence-electron chi connectivity index (χ2n) is 4.76. The molecule has 0 fully saturated rings. The number of aryl methyl sites for hydroxylation is 1. The Morgan fingerprint density at radius 3 is 2.56 bits per heavy atom. The molecule has 0 aromatic carbocycles. The third-order valence-electron chi connectivity index (χ3n) is 2.85. The van der Waals surface area contributed by atoms with Crippen LogP contribution in [0.25, 0.3) is 0 Å². The number of halogens is 1. The average Bonchev–Trinajstić information content (AvgIpc) is 2.35. The van der Waals surface area contributed by atoms with Gasteiger partial charge >= 0.3 is 0 Å². The summed E-state index contributed by atoms with van der Waals surface area (Å²) in [6.45, 7) is 1.91. The summed E-state index contributed by atoms with van der Waals surface area (Å²) in [5, 5.41) is 22.5. The van der Waals surface area contributed by atoms with E-state index in [1.807, 2.05) is 0 Å². The largest absolute Gasteiger partial charge is 0.396 e. The number of rotatable bonds is 5. The van der Waals surface area contributed by atoms with E-state index in [0.29, 0.717) is 16.7 Å². The van der Waals surface area contributed by atoms with Gasteiger partial charge in [0.15, 0.2) is 0 Å². The minimum Gasteiger partial charge on any atom is -0.396 e. The Kier molecular flexibility index (Phi) is 4.89. The molecule has 7 heteroatoms. The highest BCUT2D eigenvalue weighted by molar-refractivity contribution is 9.10. The Hall–Kier alpha value is -0.920. The second-order valence-corrected chi connectivity index (χ2v) is 5.55. The molecule has 102 valence electrons. The van der Waals surface area contributed by atoms with E-state index in [1.165, 1.54) is 4.68 Å². The fourth-order valence-electron chi connectivity index (χ4n) is 1.58. The first-order valence-electron chi connectivity index (χ1n) is 5.49. The summed E-state index contributed by atoms with van der Waals surface area (Å²) in [6.07, 6.45) is 1.57. The molecule has 1 aromatic rings. The molecule has 18 heavy (non-hydrogen) atoms. The second kappa shape index (κ2) is 5.81. The Labute approximate surface area is 114 Å². The molecule has 2 N–H and O–H groups in total. The molecule has 0 saturated heterocycles. The van der Waals surface area contributed by atoms with Crippen LogP contribution in [0, 0.1) is 5.41 Å². The molecule has 0 saturated carbocycles. The number of nitrogens with zero attached hydrogens (tertiary/aromatic N) is 3. The lowest BCUT2D eigenvalue weighted by Gasteiger charge is -2.31. The molecule has 0 aliphatic rings. The smallest absolute Gasteiger partial charge is 0.282 e. The maximum Gasteiger partial charge on any atom is 0.282 e. The van der Waals surface area contributed by atoms with Gasteiger partial charge in [0.1, 0.15) is 4.47 Å². The van der Waals surface area contributed by atoms with Gasteiger partial charge in [-0.25, -0.2) is 4.68 Å². The summed E-state index contributed by atoms with van der Waals surface area (Å²) in [7, 11) is 3.35. The molecule has 0 unspecified atom stereocenters. The van der Waals surface area contributed by atoms with Crippen molar-refractivity contribution in [1.29, 1.82) is 0 Å². The lowest BCUT2D eigenvalue weighted by molar-refractivity contribution is 0.0762. The summed E-state index contributed by atoms with van der Waals surface area (Å²) >= 11 is 3.24. The van der Waals surface area contributed by atoms with E-state index in [2.05, 4.69) is 21.0 Å². The Morgan fingerprint density at radius 1 is 1.50 bits per heavy atom. The molecule has 0 amide bonds. The van der Waals surface area contributed by atoms with Gasteiger partial charge in [0.2, 0.25) is 0 Å². The zero-order chi connectivity index (χ0) is 13.9.